The number of hydrogen-bond acceptors (Lipinski definition) is 9. The van der Waals surface area contributed by atoms with Gasteiger partial charge in [-0.15, -0.1) is 0 Å². The third-order valence-corrected chi connectivity index (χ3v) is 3.21. The molecule has 0 fully saturated rings. The van der Waals surface area contributed by atoms with Crippen molar-refractivity contribution in [2.24, 2.45) is 0 Å². The summed E-state index contributed by atoms with van der Waals surface area (Å²) in [5.41, 5.74) is 0. The maximum absolute atomic E-state index is 10.5. The number of nitrogens with zero attached hydrogens (tertiary/aromatic N) is 4. The summed E-state index contributed by atoms with van der Waals surface area (Å²) in [6, 6.07) is 5.32. The second-order valence-electron chi connectivity index (χ2n) is 4.13. The predicted molar refractivity (Wildman–Crippen MR) is 92.0 cm³/mol. The molecule has 12 nitrogen and oxygen atoms in total. The van der Waals surface area contributed by atoms with Gasteiger partial charge < -0.3 is 35.2 Å². The SMILES string of the molecule is O=C(O)COc1ccc(Br)nc1[N+](=O)[O-].O=[N+]([O-])c1nc(Br)ccc1O. The van der Waals surface area contributed by atoms with Crippen LogP contribution in [0, 0.1) is 20.2 Å². The fourth-order valence-electron chi connectivity index (χ4n) is 1.35. The number of carbonyl (C=O) groups is 1. The summed E-state index contributed by atoms with van der Waals surface area (Å²) in [6.45, 7) is -0.649. The van der Waals surface area contributed by atoms with E-state index in [2.05, 4.69) is 41.8 Å². The lowest BCUT2D eigenvalue weighted by atomic mass is 10.4. The third kappa shape index (κ3) is 6.56. The number of aliphatic carboxylic acids is 1. The molecule has 0 saturated heterocycles. The van der Waals surface area contributed by atoms with E-state index in [0.717, 1.165) is 0 Å². The molecule has 14 heteroatoms. The Bertz CT molecular complexity index is 848. The van der Waals surface area contributed by atoms with E-state index in [4.69, 9.17) is 14.9 Å². The standard InChI is InChI=1S/C7H5BrN2O5.C5H3BrN2O3/c8-5-2-1-4(15-3-6(11)12)7(9-5)10(13)14;6-4-2-1-3(9)5(7-4)8(10)11/h1-2H,3H2,(H,11,12);1-2,9H. The number of carboxylic acid groups (broad SMARTS) is 1. The number of pyridine rings is 2. The van der Waals surface area contributed by atoms with Gasteiger partial charge in [0, 0.05) is 44.0 Å². The van der Waals surface area contributed by atoms with Crippen molar-refractivity contribution in [3.05, 3.63) is 53.7 Å². The Balaban J connectivity index is 0.000000273. The number of hydrogen-bond donors (Lipinski definition) is 2. The van der Waals surface area contributed by atoms with E-state index in [1.807, 2.05) is 0 Å². The van der Waals surface area contributed by atoms with Crippen molar-refractivity contribution >= 4 is 49.5 Å². The molecule has 26 heavy (non-hydrogen) atoms. The second-order valence-corrected chi connectivity index (χ2v) is 5.75. The zero-order valence-electron chi connectivity index (χ0n) is 12.4. The highest BCUT2D eigenvalue weighted by molar-refractivity contribution is 9.10. The quantitative estimate of drug-likeness (QED) is 0.355. The van der Waals surface area contributed by atoms with Crippen LogP contribution < -0.4 is 4.74 Å². The van der Waals surface area contributed by atoms with Gasteiger partial charge in [0.05, 0.1) is 0 Å². The van der Waals surface area contributed by atoms with Crippen LogP contribution in [0.2, 0.25) is 0 Å². The van der Waals surface area contributed by atoms with Gasteiger partial charge in [0.25, 0.3) is 0 Å². The van der Waals surface area contributed by atoms with E-state index >= 15 is 0 Å². The summed E-state index contributed by atoms with van der Waals surface area (Å²) in [5.74, 6) is -2.89. The van der Waals surface area contributed by atoms with Crippen LogP contribution in [-0.2, 0) is 4.79 Å². The summed E-state index contributed by atoms with van der Waals surface area (Å²) >= 11 is 5.90. The van der Waals surface area contributed by atoms with Crippen LogP contribution >= 0.6 is 31.9 Å². The van der Waals surface area contributed by atoms with Crippen LogP contribution in [0.15, 0.2) is 33.5 Å². The average molecular weight is 496 g/mol. The summed E-state index contributed by atoms with van der Waals surface area (Å²) in [4.78, 5) is 36.3. The fraction of sp³-hybridized carbons (Fsp3) is 0.0833. The minimum atomic E-state index is -1.22. The maximum atomic E-state index is 10.5. The van der Waals surface area contributed by atoms with Gasteiger partial charge >= 0.3 is 17.6 Å². The highest BCUT2D eigenvalue weighted by Crippen LogP contribution is 2.26. The molecule has 0 radical (unpaired) electrons. The monoisotopic (exact) mass is 494 g/mol. The van der Waals surface area contributed by atoms with Gasteiger partial charge in [0.15, 0.2) is 6.61 Å². The van der Waals surface area contributed by atoms with Crippen LogP contribution in [0.25, 0.3) is 0 Å². The van der Waals surface area contributed by atoms with Crippen molar-refractivity contribution in [1.82, 2.24) is 9.97 Å². The Morgan fingerprint density at radius 2 is 1.54 bits per heavy atom. The Morgan fingerprint density at radius 3 is 2.00 bits per heavy atom. The number of aromatic nitrogens is 2. The maximum Gasteiger partial charge on any atom is 0.407 e. The van der Waals surface area contributed by atoms with E-state index in [1.54, 1.807) is 0 Å². The topological polar surface area (TPSA) is 179 Å². The second kappa shape index (κ2) is 9.57. The van der Waals surface area contributed by atoms with Crippen LogP contribution in [-0.4, -0.2) is 42.6 Å². The van der Waals surface area contributed by atoms with Gasteiger partial charge in [-0.1, -0.05) is 0 Å². The molecule has 0 unspecified atom stereocenters. The highest BCUT2D eigenvalue weighted by Gasteiger charge is 2.18. The first kappa shape index (κ1) is 21.2. The summed E-state index contributed by atoms with van der Waals surface area (Å²) in [6.07, 6.45) is 0. The number of ether oxygens (including phenoxy) is 1. The Labute approximate surface area is 161 Å². The molecule has 138 valence electrons. The lowest BCUT2D eigenvalue weighted by molar-refractivity contribution is -0.390. The molecule has 0 spiro atoms. The molecule has 0 amide bonds. The molecule has 0 aromatic carbocycles. The molecule has 2 heterocycles. The van der Waals surface area contributed by atoms with Gasteiger partial charge in [0.1, 0.15) is 0 Å². The van der Waals surface area contributed by atoms with Crippen molar-refractivity contribution in [3.63, 3.8) is 0 Å². The molecular weight excluding hydrogens is 488 g/mol. The molecule has 0 aliphatic rings. The molecule has 2 aromatic rings. The van der Waals surface area contributed by atoms with Crippen molar-refractivity contribution in [1.29, 1.82) is 0 Å². The van der Waals surface area contributed by atoms with E-state index in [1.165, 1.54) is 24.3 Å². The Morgan fingerprint density at radius 1 is 1.04 bits per heavy atom. The Kier molecular flexibility index (Phi) is 7.79. The first-order valence-electron chi connectivity index (χ1n) is 6.27. The van der Waals surface area contributed by atoms with Gasteiger partial charge in [0.2, 0.25) is 20.7 Å². The molecule has 2 rings (SSSR count). The van der Waals surface area contributed by atoms with E-state index in [9.17, 15) is 25.0 Å². The molecule has 2 N–H and O–H groups in total. The van der Waals surface area contributed by atoms with Gasteiger partial charge in [-0.25, -0.2) is 4.79 Å². The largest absolute Gasteiger partial charge is 0.501 e. The number of nitro groups is 2. The van der Waals surface area contributed by atoms with Crippen LogP contribution in [0.1, 0.15) is 0 Å². The van der Waals surface area contributed by atoms with Crippen LogP contribution in [0.5, 0.6) is 11.5 Å². The molecule has 0 aliphatic heterocycles. The average Bonchev–Trinajstić information content (AvgIpc) is 2.56. The predicted octanol–water partition coefficient (Wildman–Crippen LogP) is 2.67. The smallest absolute Gasteiger partial charge is 0.407 e. The zero-order valence-corrected chi connectivity index (χ0v) is 15.6. The fourth-order valence-corrected chi connectivity index (χ4v) is 1.95. The number of aromatic hydroxyl groups is 1. The summed E-state index contributed by atoms with van der Waals surface area (Å²) in [7, 11) is 0. The van der Waals surface area contributed by atoms with Gasteiger partial charge in [-0.05, 0) is 31.9 Å². The van der Waals surface area contributed by atoms with E-state index in [-0.39, 0.29) is 10.4 Å². The number of halogens is 2. The summed E-state index contributed by atoms with van der Waals surface area (Å²) in [5, 5.41) is 37.9. The van der Waals surface area contributed by atoms with E-state index in [0.29, 0.717) is 4.60 Å². The molecule has 0 atom stereocenters. The molecule has 0 saturated carbocycles. The first-order valence-corrected chi connectivity index (χ1v) is 7.85. The third-order valence-electron chi connectivity index (χ3n) is 2.32. The molecule has 0 aliphatic carbocycles. The van der Waals surface area contributed by atoms with Gasteiger partial charge in [-0.2, -0.15) is 0 Å². The van der Waals surface area contributed by atoms with Crippen molar-refractivity contribution < 1.29 is 29.6 Å². The van der Waals surface area contributed by atoms with E-state index < -0.39 is 39.8 Å². The molecule has 2 aromatic heterocycles. The first-order chi connectivity index (χ1) is 12.1. The highest BCUT2D eigenvalue weighted by atomic mass is 79.9. The van der Waals surface area contributed by atoms with Crippen LogP contribution in [0.4, 0.5) is 11.6 Å². The minimum Gasteiger partial charge on any atom is -0.501 e. The molecular formula is C12H8Br2N4O8. The number of rotatable bonds is 5. The minimum absolute atomic E-state index is 0.175. The normalized spacial score (nSPS) is 9.62. The lowest BCUT2D eigenvalue weighted by Gasteiger charge is -2.02. The summed E-state index contributed by atoms with van der Waals surface area (Å²) < 4.78 is 5.29. The van der Waals surface area contributed by atoms with Crippen molar-refractivity contribution in [2.45, 2.75) is 0 Å². The Hall–Kier alpha value is -2.87. The lowest BCUT2D eigenvalue weighted by Crippen LogP contribution is -2.10. The van der Waals surface area contributed by atoms with Crippen molar-refractivity contribution in [2.75, 3.05) is 6.61 Å². The zero-order chi connectivity index (χ0) is 19.9. The number of carboxylic acids is 1. The van der Waals surface area contributed by atoms with Gasteiger partial charge in [-0.3, -0.25) is 0 Å². The molecule has 0 bridgehead atoms. The van der Waals surface area contributed by atoms with Crippen molar-refractivity contribution in [3.8, 4) is 11.5 Å². The van der Waals surface area contributed by atoms with Crippen LogP contribution in [0.3, 0.4) is 0 Å².